The van der Waals surface area contributed by atoms with Crippen LogP contribution in [0.2, 0.25) is 0 Å². The van der Waals surface area contributed by atoms with Crippen molar-refractivity contribution in [2.75, 3.05) is 32.6 Å². The van der Waals surface area contributed by atoms with E-state index in [-0.39, 0.29) is 12.4 Å². The molecule has 0 aliphatic carbocycles. The van der Waals surface area contributed by atoms with E-state index >= 15 is 0 Å². The fourth-order valence-corrected chi connectivity index (χ4v) is 4.15. The van der Waals surface area contributed by atoms with Gasteiger partial charge in [0.25, 0.3) is 0 Å². The van der Waals surface area contributed by atoms with Gasteiger partial charge in [0.1, 0.15) is 0 Å². The van der Waals surface area contributed by atoms with Gasteiger partial charge >= 0.3 is 0 Å². The van der Waals surface area contributed by atoms with Gasteiger partial charge in [0.05, 0.1) is 26.7 Å². The lowest BCUT2D eigenvalue weighted by molar-refractivity contribution is -0.910. The second-order valence-electron chi connectivity index (χ2n) is 8.78. The number of rotatable bonds is 21. The van der Waals surface area contributed by atoms with Crippen LogP contribution in [0.15, 0.2) is 0 Å². The predicted molar refractivity (Wildman–Crippen MR) is 121 cm³/mol. The van der Waals surface area contributed by atoms with Crippen molar-refractivity contribution in [2.24, 2.45) is 0 Å². The number of hydrogen-bond donors (Lipinski definition) is 0. The molecule has 0 amide bonds. The summed E-state index contributed by atoms with van der Waals surface area (Å²) in [5.41, 5.74) is 0. The summed E-state index contributed by atoms with van der Waals surface area (Å²) in [5, 5.41) is 0. The molecule has 0 aliphatic heterocycles. The molecule has 1 nitrogen and oxygen atoms in total. The highest BCUT2D eigenvalue weighted by atomic mass is 35.5. The molecule has 0 aromatic heterocycles. The average molecular weight is 425 g/mol. The van der Waals surface area contributed by atoms with Crippen LogP contribution in [0.25, 0.3) is 0 Å². The number of nitrogens with zero attached hydrogens (tertiary/aromatic N) is 1. The highest BCUT2D eigenvalue weighted by Crippen LogP contribution is 2.15. The molecule has 0 aromatic rings. The average Bonchev–Trinajstić information content (AvgIpc) is 2.64. The van der Waals surface area contributed by atoms with Gasteiger partial charge in [0.2, 0.25) is 0 Å². The summed E-state index contributed by atoms with van der Waals surface area (Å²) in [4.78, 5) is 0. The summed E-state index contributed by atoms with van der Waals surface area (Å²) < 4.78 is 1.26. The molecule has 0 heterocycles. The number of quaternary nitrogens is 1. The fourth-order valence-electron chi connectivity index (χ4n) is 4.03. The third kappa shape index (κ3) is 21.1. The van der Waals surface area contributed by atoms with Crippen molar-refractivity contribution in [3.63, 3.8) is 0 Å². The molecule has 0 unspecified atom stereocenters. The topological polar surface area (TPSA) is 0 Å². The van der Waals surface area contributed by atoms with Crippen LogP contribution in [0.5, 0.6) is 0 Å². The first-order chi connectivity index (χ1) is 12.7. The van der Waals surface area contributed by atoms with Crippen molar-refractivity contribution < 1.29 is 16.9 Å². The zero-order valence-electron chi connectivity index (χ0n) is 19.1. The minimum Gasteiger partial charge on any atom is -1.00 e. The van der Waals surface area contributed by atoms with Gasteiger partial charge in [0.15, 0.2) is 0 Å². The summed E-state index contributed by atoms with van der Waals surface area (Å²) >= 11 is 5.99. The highest BCUT2D eigenvalue weighted by molar-refractivity contribution is 6.17. The summed E-state index contributed by atoms with van der Waals surface area (Å²) in [7, 11) is 2.48. The Labute approximate surface area is 184 Å². The quantitative estimate of drug-likeness (QED) is 0.132. The third-order valence-corrected chi connectivity index (χ3v) is 6.20. The number of alkyl halides is 1. The van der Waals surface area contributed by atoms with Gasteiger partial charge in [-0.15, -0.1) is 11.6 Å². The molecular weight excluding hydrogens is 373 g/mol. The van der Waals surface area contributed by atoms with Crippen molar-refractivity contribution in [2.45, 2.75) is 123 Å². The van der Waals surface area contributed by atoms with Crippen molar-refractivity contribution in [3.8, 4) is 0 Å². The lowest BCUT2D eigenvalue weighted by Gasteiger charge is -2.35. The summed E-state index contributed by atoms with van der Waals surface area (Å²) in [5.74, 6) is 0.822. The molecule has 0 radical (unpaired) electrons. The lowest BCUT2D eigenvalue weighted by Crippen LogP contribution is -3.00. The second kappa shape index (κ2) is 22.8. The van der Waals surface area contributed by atoms with Crippen LogP contribution in [-0.2, 0) is 0 Å². The predicted octanol–water partition coefficient (Wildman–Crippen LogP) is 5.35. The molecule has 0 saturated carbocycles. The summed E-state index contributed by atoms with van der Waals surface area (Å²) in [6, 6.07) is 0. The minimum atomic E-state index is 0. The van der Waals surface area contributed by atoms with Crippen LogP contribution < -0.4 is 12.4 Å². The van der Waals surface area contributed by atoms with Crippen molar-refractivity contribution in [3.05, 3.63) is 0 Å². The Bertz CT molecular complexity index is 251. The van der Waals surface area contributed by atoms with Gasteiger partial charge < -0.3 is 16.9 Å². The number of halogens is 2. The zero-order valence-corrected chi connectivity index (χ0v) is 20.6. The fraction of sp³-hybridized carbons (Fsp3) is 1.00. The molecule has 0 saturated heterocycles. The largest absolute Gasteiger partial charge is 1.00 e. The Kier molecular flexibility index (Phi) is 25.1. The van der Waals surface area contributed by atoms with Crippen molar-refractivity contribution in [1.82, 2.24) is 0 Å². The number of hydrogen-bond acceptors (Lipinski definition) is 0. The van der Waals surface area contributed by atoms with Crippen LogP contribution in [0.1, 0.15) is 123 Å². The van der Waals surface area contributed by atoms with Gasteiger partial charge in [-0.2, -0.15) is 0 Å². The molecule has 3 heteroatoms. The van der Waals surface area contributed by atoms with E-state index in [2.05, 4.69) is 20.9 Å². The molecular formula is C24H51Cl2N. The summed E-state index contributed by atoms with van der Waals surface area (Å²) in [6.45, 7) is 8.60. The van der Waals surface area contributed by atoms with E-state index in [1.165, 1.54) is 133 Å². The van der Waals surface area contributed by atoms with Crippen LogP contribution in [0.3, 0.4) is 0 Å². The number of unbranched alkanes of at least 4 members (excludes halogenated alkanes) is 14. The van der Waals surface area contributed by atoms with Gasteiger partial charge in [-0.05, 0) is 25.7 Å². The van der Waals surface area contributed by atoms with Gasteiger partial charge in [-0.3, -0.25) is 0 Å². The molecule has 0 atom stereocenters. The van der Waals surface area contributed by atoms with E-state index in [1.807, 2.05) is 0 Å². The van der Waals surface area contributed by atoms with Crippen molar-refractivity contribution in [1.29, 1.82) is 0 Å². The van der Waals surface area contributed by atoms with E-state index < -0.39 is 0 Å². The molecule has 0 aromatic carbocycles. The SMILES string of the molecule is CCCCCCCCCC[N+](C)(CCCCl)CCCCCCCCCC.[Cl-]. The Morgan fingerprint density at radius 1 is 0.481 bits per heavy atom. The van der Waals surface area contributed by atoms with E-state index in [9.17, 15) is 0 Å². The van der Waals surface area contributed by atoms with Gasteiger partial charge in [0, 0.05) is 12.3 Å². The minimum absolute atomic E-state index is 0. The zero-order chi connectivity index (χ0) is 19.3. The van der Waals surface area contributed by atoms with E-state index in [4.69, 9.17) is 11.6 Å². The first-order valence-corrected chi connectivity index (χ1v) is 12.6. The Balaban J connectivity index is 0. The smallest absolute Gasteiger partial charge is 0.0796 e. The molecule has 0 N–H and O–H groups in total. The van der Waals surface area contributed by atoms with E-state index in [1.54, 1.807) is 0 Å². The maximum atomic E-state index is 5.99. The normalized spacial score (nSPS) is 11.6. The summed E-state index contributed by atoms with van der Waals surface area (Å²) in [6.07, 6.45) is 24.0. The van der Waals surface area contributed by atoms with Crippen LogP contribution >= 0.6 is 11.6 Å². The molecule has 0 fully saturated rings. The second-order valence-corrected chi connectivity index (χ2v) is 9.16. The molecule has 166 valence electrons. The van der Waals surface area contributed by atoms with Crippen LogP contribution in [0, 0.1) is 0 Å². The first kappa shape index (κ1) is 29.7. The van der Waals surface area contributed by atoms with E-state index in [0.717, 1.165) is 5.88 Å². The Morgan fingerprint density at radius 3 is 1.11 bits per heavy atom. The Hall–Kier alpha value is 0.540. The molecule has 0 aliphatic rings. The standard InChI is InChI=1S/C24H51ClN.ClH/c1-4-6-8-10-12-14-16-18-22-26(3,24-20-21-25)23-19-17-15-13-11-9-7-5-2;/h4-24H2,1-3H3;1H/q+1;/p-1. The first-order valence-electron chi connectivity index (χ1n) is 12.1. The maximum Gasteiger partial charge on any atom is 0.0796 e. The Morgan fingerprint density at radius 2 is 0.778 bits per heavy atom. The molecule has 27 heavy (non-hydrogen) atoms. The third-order valence-electron chi connectivity index (χ3n) is 5.93. The lowest BCUT2D eigenvalue weighted by atomic mass is 10.1. The maximum absolute atomic E-state index is 5.99. The molecule has 0 spiro atoms. The molecule has 0 rings (SSSR count). The van der Waals surface area contributed by atoms with Crippen LogP contribution in [-0.4, -0.2) is 37.0 Å². The monoisotopic (exact) mass is 423 g/mol. The van der Waals surface area contributed by atoms with E-state index in [0.29, 0.717) is 0 Å². The van der Waals surface area contributed by atoms with Crippen molar-refractivity contribution >= 4 is 11.6 Å². The molecule has 0 bridgehead atoms. The van der Waals surface area contributed by atoms with Crippen LogP contribution in [0.4, 0.5) is 0 Å². The highest BCUT2D eigenvalue weighted by Gasteiger charge is 2.19. The van der Waals surface area contributed by atoms with Gasteiger partial charge in [-0.25, -0.2) is 0 Å². The van der Waals surface area contributed by atoms with Gasteiger partial charge in [-0.1, -0.05) is 90.9 Å².